The molecule has 2 aliphatic rings. The Hall–Kier alpha value is -1.26. The molecule has 0 saturated heterocycles. The van der Waals surface area contributed by atoms with Gasteiger partial charge in [-0.1, -0.05) is 48.9 Å². The number of hydrogen-bond acceptors (Lipinski definition) is 2. The van der Waals surface area contributed by atoms with Gasteiger partial charge in [0.05, 0.1) is 11.8 Å². The fraction of sp³-hybridized carbons (Fsp3) is 0.556. The predicted octanol–water partition coefficient (Wildman–Crippen LogP) is 4.41. The quantitative estimate of drug-likeness (QED) is 0.773. The minimum absolute atomic E-state index is 0.0196. The van der Waals surface area contributed by atoms with Gasteiger partial charge in [0.1, 0.15) is 0 Å². The maximum atomic E-state index is 12.3. The maximum Gasteiger partial charge on any atom is 0.228 e. The molecule has 130 valence electrons. The highest BCUT2D eigenvalue weighted by Crippen LogP contribution is 2.40. The smallest absolute Gasteiger partial charge is 0.228 e. The lowest BCUT2D eigenvalue weighted by atomic mass is 10.1. The molecule has 0 radical (unpaired) electrons. The van der Waals surface area contributed by atoms with Crippen molar-refractivity contribution in [3.63, 3.8) is 0 Å². The van der Waals surface area contributed by atoms with Crippen LogP contribution in [0, 0.1) is 11.8 Å². The molecule has 2 N–H and O–H groups in total. The summed E-state index contributed by atoms with van der Waals surface area (Å²) in [6.07, 6.45) is 7.57. The van der Waals surface area contributed by atoms with Crippen molar-refractivity contribution in [3.8, 4) is 0 Å². The molecule has 0 heterocycles. The van der Waals surface area contributed by atoms with E-state index in [1.54, 1.807) is 18.2 Å². The van der Waals surface area contributed by atoms with Gasteiger partial charge in [-0.15, -0.1) is 0 Å². The summed E-state index contributed by atoms with van der Waals surface area (Å²) >= 11 is 11.9. The molecule has 0 aliphatic heterocycles. The van der Waals surface area contributed by atoms with Gasteiger partial charge in [0, 0.05) is 21.8 Å². The molecular formula is C18H22Cl2N2O2. The Bertz CT molecular complexity index is 607. The van der Waals surface area contributed by atoms with Crippen molar-refractivity contribution in [1.82, 2.24) is 5.32 Å². The second kappa shape index (κ2) is 7.75. The molecule has 2 atom stereocenters. The zero-order valence-electron chi connectivity index (χ0n) is 13.5. The zero-order valence-corrected chi connectivity index (χ0v) is 15.0. The highest BCUT2D eigenvalue weighted by atomic mass is 35.5. The van der Waals surface area contributed by atoms with Gasteiger partial charge in [-0.3, -0.25) is 9.59 Å². The van der Waals surface area contributed by atoms with Crippen molar-refractivity contribution in [3.05, 3.63) is 28.2 Å². The van der Waals surface area contributed by atoms with Crippen LogP contribution >= 0.6 is 23.2 Å². The molecule has 2 fully saturated rings. The molecule has 2 amide bonds. The molecule has 6 heteroatoms. The number of benzene rings is 1. The molecule has 4 nitrogen and oxygen atoms in total. The molecule has 0 aromatic heterocycles. The summed E-state index contributed by atoms with van der Waals surface area (Å²) in [5, 5.41) is 6.86. The van der Waals surface area contributed by atoms with Gasteiger partial charge in [-0.2, -0.15) is 0 Å². The predicted molar refractivity (Wildman–Crippen MR) is 96.3 cm³/mol. The summed E-state index contributed by atoms with van der Waals surface area (Å²) in [5.41, 5.74) is 0.562. The summed E-state index contributed by atoms with van der Waals surface area (Å²) in [7, 11) is 0. The van der Waals surface area contributed by atoms with E-state index in [1.165, 1.54) is 25.7 Å². The SMILES string of the molecule is O=C(Nc1cc(Cl)cc(Cl)c1)C1CC1C(=O)NC1CCCCCC1. The number of rotatable bonds is 4. The minimum atomic E-state index is -0.256. The van der Waals surface area contributed by atoms with E-state index in [9.17, 15) is 9.59 Å². The summed E-state index contributed by atoms with van der Waals surface area (Å²) in [6.45, 7) is 0. The highest BCUT2D eigenvalue weighted by Gasteiger charge is 2.48. The van der Waals surface area contributed by atoms with E-state index in [1.807, 2.05) is 0 Å². The van der Waals surface area contributed by atoms with Gasteiger partial charge in [0.2, 0.25) is 11.8 Å². The van der Waals surface area contributed by atoms with E-state index in [0.29, 0.717) is 22.2 Å². The molecule has 0 bridgehead atoms. The van der Waals surface area contributed by atoms with Crippen LogP contribution in [0.15, 0.2) is 18.2 Å². The topological polar surface area (TPSA) is 58.2 Å². The van der Waals surface area contributed by atoms with Crippen LogP contribution in [0.25, 0.3) is 0 Å². The zero-order chi connectivity index (χ0) is 17.1. The van der Waals surface area contributed by atoms with Crippen LogP contribution in [0.4, 0.5) is 5.69 Å². The standard InChI is InChI=1S/C18H22Cl2N2O2/c19-11-7-12(20)9-14(8-11)22-18(24)16-10-15(16)17(23)21-13-5-3-1-2-4-6-13/h7-9,13,15-16H,1-6,10H2,(H,21,23)(H,22,24). The van der Waals surface area contributed by atoms with Crippen molar-refractivity contribution in [2.24, 2.45) is 11.8 Å². The van der Waals surface area contributed by atoms with Crippen LogP contribution in [-0.2, 0) is 9.59 Å². The van der Waals surface area contributed by atoms with Crippen LogP contribution < -0.4 is 10.6 Å². The Labute approximate surface area is 152 Å². The number of carbonyl (C=O) groups is 2. The van der Waals surface area contributed by atoms with Crippen LogP contribution in [0.2, 0.25) is 10.0 Å². The first kappa shape index (κ1) is 17.6. The second-order valence-corrected chi connectivity index (χ2v) is 7.67. The molecule has 24 heavy (non-hydrogen) atoms. The van der Waals surface area contributed by atoms with E-state index in [0.717, 1.165) is 12.8 Å². The van der Waals surface area contributed by atoms with Gasteiger partial charge in [-0.05, 0) is 37.5 Å². The first-order valence-electron chi connectivity index (χ1n) is 8.60. The first-order valence-corrected chi connectivity index (χ1v) is 9.36. The van der Waals surface area contributed by atoms with Gasteiger partial charge in [-0.25, -0.2) is 0 Å². The van der Waals surface area contributed by atoms with Gasteiger partial charge in [0.15, 0.2) is 0 Å². The van der Waals surface area contributed by atoms with Crippen molar-refractivity contribution < 1.29 is 9.59 Å². The Kier molecular flexibility index (Phi) is 5.67. The third-order valence-electron chi connectivity index (χ3n) is 4.80. The molecule has 2 unspecified atom stereocenters. The summed E-state index contributed by atoms with van der Waals surface area (Å²) in [5.74, 6) is -0.586. The average Bonchev–Trinajstić information content (AvgIpc) is 3.31. The third-order valence-corrected chi connectivity index (χ3v) is 5.23. The van der Waals surface area contributed by atoms with Gasteiger partial charge < -0.3 is 10.6 Å². The summed E-state index contributed by atoms with van der Waals surface area (Å²) in [4.78, 5) is 24.6. The number of nitrogens with one attached hydrogen (secondary N) is 2. The van der Waals surface area contributed by atoms with Crippen LogP contribution in [0.1, 0.15) is 44.9 Å². The van der Waals surface area contributed by atoms with E-state index >= 15 is 0 Å². The average molecular weight is 369 g/mol. The lowest BCUT2D eigenvalue weighted by Gasteiger charge is -2.16. The Balaban J connectivity index is 1.50. The molecule has 0 spiro atoms. The Morgan fingerprint density at radius 3 is 2.08 bits per heavy atom. The maximum absolute atomic E-state index is 12.3. The number of amides is 2. The molecule has 2 saturated carbocycles. The van der Waals surface area contributed by atoms with E-state index in [2.05, 4.69) is 10.6 Å². The molecule has 1 aromatic carbocycles. The molecule has 1 aromatic rings. The van der Waals surface area contributed by atoms with Crippen LogP contribution in [-0.4, -0.2) is 17.9 Å². The fourth-order valence-electron chi connectivity index (χ4n) is 3.37. The van der Waals surface area contributed by atoms with Crippen molar-refractivity contribution in [1.29, 1.82) is 0 Å². The summed E-state index contributed by atoms with van der Waals surface area (Å²) in [6, 6.07) is 5.18. The number of halogens is 2. The molecule has 2 aliphatic carbocycles. The minimum Gasteiger partial charge on any atom is -0.353 e. The van der Waals surface area contributed by atoms with Crippen LogP contribution in [0.5, 0.6) is 0 Å². The number of carbonyl (C=O) groups excluding carboxylic acids is 2. The molecular weight excluding hydrogens is 347 g/mol. The monoisotopic (exact) mass is 368 g/mol. The third kappa shape index (κ3) is 4.64. The van der Waals surface area contributed by atoms with Gasteiger partial charge in [0.25, 0.3) is 0 Å². The summed E-state index contributed by atoms with van der Waals surface area (Å²) < 4.78 is 0. The fourth-order valence-corrected chi connectivity index (χ4v) is 3.89. The van der Waals surface area contributed by atoms with E-state index in [4.69, 9.17) is 23.2 Å². The second-order valence-electron chi connectivity index (χ2n) is 6.79. The normalized spacial score (nSPS) is 24.1. The van der Waals surface area contributed by atoms with Crippen LogP contribution in [0.3, 0.4) is 0 Å². The Morgan fingerprint density at radius 1 is 0.875 bits per heavy atom. The van der Waals surface area contributed by atoms with E-state index < -0.39 is 0 Å². The Morgan fingerprint density at radius 2 is 1.46 bits per heavy atom. The van der Waals surface area contributed by atoms with Gasteiger partial charge >= 0.3 is 0 Å². The lowest BCUT2D eigenvalue weighted by molar-refractivity contribution is -0.125. The first-order chi connectivity index (χ1) is 11.5. The van der Waals surface area contributed by atoms with E-state index in [-0.39, 0.29) is 29.7 Å². The van der Waals surface area contributed by atoms with Crippen molar-refractivity contribution in [2.75, 3.05) is 5.32 Å². The largest absolute Gasteiger partial charge is 0.353 e. The van der Waals surface area contributed by atoms with Crippen molar-refractivity contribution >= 4 is 40.7 Å². The lowest BCUT2D eigenvalue weighted by Crippen LogP contribution is -2.36. The number of hydrogen-bond donors (Lipinski definition) is 2. The number of anilines is 1. The van der Waals surface area contributed by atoms with Crippen molar-refractivity contribution in [2.45, 2.75) is 51.0 Å². The highest BCUT2D eigenvalue weighted by molar-refractivity contribution is 6.35. The molecule has 3 rings (SSSR count).